The van der Waals surface area contributed by atoms with Gasteiger partial charge in [0.05, 0.1) is 0 Å². The maximum Gasteiger partial charge on any atom is 0.279 e. The second kappa shape index (κ2) is 3.84. The Labute approximate surface area is 61.8 Å². The van der Waals surface area contributed by atoms with Crippen molar-refractivity contribution in [2.24, 2.45) is 0 Å². The number of rotatable bonds is 3. The third-order valence-electron chi connectivity index (χ3n) is 1.16. The highest BCUT2D eigenvalue weighted by Crippen LogP contribution is 1.80. The molecular formula is C7H8O2Si. The van der Waals surface area contributed by atoms with E-state index in [-0.39, 0.29) is 0 Å². The fraction of sp³-hybridized carbons (Fsp3) is 0. The molecule has 1 rings (SSSR count). The van der Waals surface area contributed by atoms with Gasteiger partial charge in [0.2, 0.25) is 0 Å². The molecule has 52 valence electrons. The third-order valence-corrected chi connectivity index (χ3v) is 2.27. The van der Waals surface area contributed by atoms with E-state index in [0.29, 0.717) is 6.47 Å². The highest BCUT2D eigenvalue weighted by Gasteiger charge is 1.89. The van der Waals surface area contributed by atoms with Gasteiger partial charge in [-0.25, -0.2) is 0 Å². The molecule has 0 saturated carbocycles. The van der Waals surface area contributed by atoms with Crippen LogP contribution in [0.1, 0.15) is 0 Å². The maximum absolute atomic E-state index is 9.79. The van der Waals surface area contributed by atoms with Gasteiger partial charge in [0.15, 0.2) is 0 Å². The smallest absolute Gasteiger partial charge is 0.279 e. The average molecular weight is 152 g/mol. The van der Waals surface area contributed by atoms with Crippen LogP contribution in [0, 0.1) is 0 Å². The first-order valence-corrected chi connectivity index (χ1v) is 4.31. The predicted molar refractivity (Wildman–Crippen MR) is 41.8 cm³/mol. The van der Waals surface area contributed by atoms with E-state index in [4.69, 9.17) is 0 Å². The Kier molecular flexibility index (Phi) is 2.70. The highest BCUT2D eigenvalue weighted by atomic mass is 28.2. The molecule has 10 heavy (non-hydrogen) atoms. The van der Waals surface area contributed by atoms with Crippen LogP contribution in [0.25, 0.3) is 0 Å². The maximum atomic E-state index is 9.79. The zero-order chi connectivity index (χ0) is 7.23. The van der Waals surface area contributed by atoms with E-state index in [9.17, 15) is 4.79 Å². The summed E-state index contributed by atoms with van der Waals surface area (Å²) in [7, 11) is -0.779. The van der Waals surface area contributed by atoms with E-state index in [1.165, 1.54) is 0 Å². The number of carbonyl (C=O) groups excluding carboxylic acids is 1. The molecule has 0 unspecified atom stereocenters. The van der Waals surface area contributed by atoms with Crippen molar-refractivity contribution in [1.82, 2.24) is 0 Å². The minimum absolute atomic E-state index is 0.513. The third kappa shape index (κ3) is 2.03. The van der Waals surface area contributed by atoms with E-state index in [2.05, 4.69) is 4.43 Å². The van der Waals surface area contributed by atoms with Crippen molar-refractivity contribution in [1.29, 1.82) is 0 Å². The van der Waals surface area contributed by atoms with Crippen molar-refractivity contribution in [3.8, 4) is 0 Å². The van der Waals surface area contributed by atoms with Gasteiger partial charge in [0.25, 0.3) is 16.2 Å². The molecule has 1 aromatic rings. The Hall–Kier alpha value is -1.09. The molecule has 0 saturated heterocycles. The molecule has 2 nitrogen and oxygen atoms in total. The lowest BCUT2D eigenvalue weighted by Gasteiger charge is -1.95. The summed E-state index contributed by atoms with van der Waals surface area (Å²) in [4.78, 5) is 9.79. The molecule has 3 heteroatoms. The largest absolute Gasteiger partial charge is 0.523 e. The van der Waals surface area contributed by atoms with Gasteiger partial charge in [-0.15, -0.1) is 0 Å². The van der Waals surface area contributed by atoms with Gasteiger partial charge < -0.3 is 4.43 Å². The zero-order valence-corrected chi connectivity index (χ0v) is 6.90. The Morgan fingerprint density at radius 3 is 2.60 bits per heavy atom. The van der Waals surface area contributed by atoms with Crippen LogP contribution in [0.4, 0.5) is 0 Å². The molecule has 0 heterocycles. The Balaban J connectivity index is 2.50. The number of benzene rings is 1. The van der Waals surface area contributed by atoms with E-state index < -0.39 is 9.76 Å². The molecule has 0 aliphatic carbocycles. The summed E-state index contributed by atoms with van der Waals surface area (Å²) in [6, 6.07) is 9.76. The zero-order valence-electron chi connectivity index (χ0n) is 5.49. The standard InChI is InChI=1S/C7H8O2Si/c8-6-9-10-7-4-2-1-3-5-7/h1-6H,10H2. The normalized spacial score (nSPS) is 10.0. The fourth-order valence-corrected chi connectivity index (χ4v) is 1.43. The Bertz CT molecular complexity index is 198. The Morgan fingerprint density at radius 2 is 2.00 bits per heavy atom. The molecule has 0 bridgehead atoms. The van der Waals surface area contributed by atoms with Gasteiger partial charge >= 0.3 is 0 Å². The van der Waals surface area contributed by atoms with Gasteiger partial charge in [0.1, 0.15) is 0 Å². The van der Waals surface area contributed by atoms with Crippen LogP contribution in [-0.4, -0.2) is 16.2 Å². The van der Waals surface area contributed by atoms with Crippen molar-refractivity contribution in [3.05, 3.63) is 30.3 Å². The summed E-state index contributed by atoms with van der Waals surface area (Å²) in [6.07, 6.45) is 0. The van der Waals surface area contributed by atoms with Gasteiger partial charge in [0, 0.05) is 0 Å². The van der Waals surface area contributed by atoms with Crippen molar-refractivity contribution in [2.45, 2.75) is 0 Å². The van der Waals surface area contributed by atoms with Crippen LogP contribution >= 0.6 is 0 Å². The van der Waals surface area contributed by atoms with Crippen molar-refractivity contribution < 1.29 is 9.22 Å². The molecule has 1 aromatic carbocycles. The van der Waals surface area contributed by atoms with E-state index in [1.54, 1.807) is 0 Å². The lowest BCUT2D eigenvalue weighted by molar-refractivity contribution is -0.120. The van der Waals surface area contributed by atoms with E-state index in [0.717, 1.165) is 5.19 Å². The molecular weight excluding hydrogens is 144 g/mol. The first-order chi connectivity index (χ1) is 4.93. The van der Waals surface area contributed by atoms with E-state index in [1.807, 2.05) is 30.3 Å². The predicted octanol–water partition coefficient (Wildman–Crippen LogP) is -0.431. The monoisotopic (exact) mass is 152 g/mol. The van der Waals surface area contributed by atoms with Crippen molar-refractivity contribution >= 4 is 21.4 Å². The van der Waals surface area contributed by atoms with E-state index >= 15 is 0 Å². The fourth-order valence-electron chi connectivity index (χ4n) is 0.704. The van der Waals surface area contributed by atoms with Crippen LogP contribution in [-0.2, 0) is 9.22 Å². The first-order valence-electron chi connectivity index (χ1n) is 3.02. The molecule has 0 N–H and O–H groups in total. The van der Waals surface area contributed by atoms with Gasteiger partial charge in [-0.1, -0.05) is 30.3 Å². The lowest BCUT2D eigenvalue weighted by Crippen LogP contribution is -2.15. The van der Waals surface area contributed by atoms with Crippen LogP contribution in [0.2, 0.25) is 0 Å². The number of carbonyl (C=O) groups is 1. The van der Waals surface area contributed by atoms with Crippen LogP contribution < -0.4 is 5.19 Å². The summed E-state index contributed by atoms with van der Waals surface area (Å²) in [5, 5.41) is 1.15. The summed E-state index contributed by atoms with van der Waals surface area (Å²) in [5.74, 6) is 0. The SMILES string of the molecule is O=CO[SiH2]c1ccccc1. The van der Waals surface area contributed by atoms with Crippen LogP contribution in [0.3, 0.4) is 0 Å². The topological polar surface area (TPSA) is 26.3 Å². The van der Waals surface area contributed by atoms with Crippen molar-refractivity contribution in [3.63, 3.8) is 0 Å². The molecule has 0 radical (unpaired) electrons. The van der Waals surface area contributed by atoms with Crippen molar-refractivity contribution in [2.75, 3.05) is 0 Å². The second-order valence-electron chi connectivity index (χ2n) is 1.89. The minimum Gasteiger partial charge on any atom is -0.523 e. The Morgan fingerprint density at radius 1 is 1.30 bits per heavy atom. The van der Waals surface area contributed by atoms with Gasteiger partial charge in [-0.3, -0.25) is 4.79 Å². The molecule has 0 atom stereocenters. The summed E-state index contributed by atoms with van der Waals surface area (Å²) in [5.41, 5.74) is 0. The number of hydrogen-bond acceptors (Lipinski definition) is 2. The molecule has 0 fully saturated rings. The van der Waals surface area contributed by atoms with Crippen LogP contribution in [0.15, 0.2) is 30.3 Å². The van der Waals surface area contributed by atoms with Gasteiger partial charge in [-0.05, 0) is 5.19 Å². The molecule has 0 amide bonds. The van der Waals surface area contributed by atoms with Gasteiger partial charge in [-0.2, -0.15) is 0 Å². The summed E-state index contributed by atoms with van der Waals surface area (Å²) >= 11 is 0. The molecule has 0 aliphatic rings. The summed E-state index contributed by atoms with van der Waals surface area (Å²) in [6.45, 7) is 0.513. The first kappa shape index (κ1) is 7.02. The molecule has 0 aromatic heterocycles. The second-order valence-corrected chi connectivity index (χ2v) is 3.33. The minimum atomic E-state index is -0.779. The highest BCUT2D eigenvalue weighted by molar-refractivity contribution is 6.48. The lowest BCUT2D eigenvalue weighted by atomic mass is 10.4. The number of hydrogen-bond donors (Lipinski definition) is 0. The van der Waals surface area contributed by atoms with Crippen LogP contribution in [0.5, 0.6) is 0 Å². The average Bonchev–Trinajstić information content (AvgIpc) is 2.03. The quantitative estimate of drug-likeness (QED) is 0.434. The summed E-state index contributed by atoms with van der Waals surface area (Å²) < 4.78 is 4.68. The molecule has 0 aliphatic heterocycles. The molecule has 0 spiro atoms.